The fourth-order valence-corrected chi connectivity index (χ4v) is 1.23. The van der Waals surface area contributed by atoms with Crippen LogP contribution in [0.3, 0.4) is 0 Å². The van der Waals surface area contributed by atoms with E-state index < -0.39 is 0 Å². The van der Waals surface area contributed by atoms with E-state index in [1.165, 1.54) is 6.39 Å². The fourth-order valence-electron chi connectivity index (χ4n) is 1.23. The van der Waals surface area contributed by atoms with Crippen molar-refractivity contribution in [2.24, 2.45) is 0 Å². The van der Waals surface area contributed by atoms with Crippen molar-refractivity contribution in [2.45, 2.75) is 19.9 Å². The molecule has 0 amide bonds. The van der Waals surface area contributed by atoms with Crippen molar-refractivity contribution in [1.29, 1.82) is 0 Å². The second kappa shape index (κ2) is 5.78. The first kappa shape index (κ1) is 11.3. The zero-order valence-electron chi connectivity index (χ0n) is 9.55. The van der Waals surface area contributed by atoms with Gasteiger partial charge in [0.1, 0.15) is 11.6 Å². The normalized spacial score (nSPS) is 10.2. The molecule has 0 aromatic carbocycles. The van der Waals surface area contributed by atoms with Gasteiger partial charge >= 0.3 is 0 Å². The second-order valence-corrected chi connectivity index (χ2v) is 3.42. The molecular weight excluding hydrogens is 220 g/mol. The molecular formula is C10H14N6O. The molecule has 7 nitrogen and oxygen atoms in total. The molecule has 0 spiro atoms. The first-order valence-electron chi connectivity index (χ1n) is 5.43. The van der Waals surface area contributed by atoms with Crippen molar-refractivity contribution in [2.75, 3.05) is 17.2 Å². The molecule has 17 heavy (non-hydrogen) atoms. The molecule has 0 unspecified atom stereocenters. The van der Waals surface area contributed by atoms with E-state index in [9.17, 15) is 0 Å². The fraction of sp³-hybridized carbons (Fsp3) is 0.400. The summed E-state index contributed by atoms with van der Waals surface area (Å²) in [7, 11) is 0. The maximum Gasteiger partial charge on any atom is 0.213 e. The van der Waals surface area contributed by atoms with Gasteiger partial charge in [0.15, 0.2) is 5.82 Å². The van der Waals surface area contributed by atoms with Gasteiger partial charge in [0.2, 0.25) is 6.39 Å². The molecule has 2 aromatic heterocycles. The summed E-state index contributed by atoms with van der Waals surface area (Å²) in [5.41, 5.74) is 0. The predicted molar refractivity (Wildman–Crippen MR) is 62.4 cm³/mol. The highest BCUT2D eigenvalue weighted by Crippen LogP contribution is 2.07. The van der Waals surface area contributed by atoms with E-state index in [-0.39, 0.29) is 0 Å². The van der Waals surface area contributed by atoms with Gasteiger partial charge in [-0.25, -0.2) is 4.98 Å². The Balaban J connectivity index is 1.91. The van der Waals surface area contributed by atoms with Gasteiger partial charge in [-0.3, -0.25) is 4.98 Å². The van der Waals surface area contributed by atoms with Crippen molar-refractivity contribution in [3.63, 3.8) is 0 Å². The van der Waals surface area contributed by atoms with E-state index >= 15 is 0 Å². The Hall–Kier alpha value is -2.18. The maximum absolute atomic E-state index is 4.63. The van der Waals surface area contributed by atoms with Gasteiger partial charge in [-0.15, -0.1) is 0 Å². The summed E-state index contributed by atoms with van der Waals surface area (Å²) in [5.74, 6) is 2.01. The summed E-state index contributed by atoms with van der Waals surface area (Å²) < 4.78 is 4.63. The third-order valence-electron chi connectivity index (χ3n) is 2.03. The summed E-state index contributed by atoms with van der Waals surface area (Å²) in [4.78, 5) is 12.3. The standard InChI is InChI=1S/C10H14N6O/c1-2-3-12-8-4-11-5-9(15-8)13-6-10-14-7-17-16-10/h4-5,7H,2-3,6H2,1H3,(H2,12,13,15). The molecule has 2 aromatic rings. The maximum atomic E-state index is 4.63. The Morgan fingerprint density at radius 3 is 2.76 bits per heavy atom. The molecule has 0 atom stereocenters. The molecule has 0 radical (unpaired) electrons. The minimum atomic E-state index is 0.461. The summed E-state index contributed by atoms with van der Waals surface area (Å²) in [5, 5.41) is 9.92. The average molecular weight is 234 g/mol. The minimum absolute atomic E-state index is 0.461. The second-order valence-electron chi connectivity index (χ2n) is 3.42. The molecule has 0 aliphatic heterocycles. The van der Waals surface area contributed by atoms with Crippen LogP contribution >= 0.6 is 0 Å². The van der Waals surface area contributed by atoms with Crippen LogP contribution in [0.25, 0.3) is 0 Å². The Kier molecular flexibility index (Phi) is 3.85. The molecule has 0 aliphatic carbocycles. The lowest BCUT2D eigenvalue weighted by molar-refractivity contribution is 0.411. The van der Waals surface area contributed by atoms with Crippen molar-refractivity contribution < 1.29 is 4.52 Å². The lowest BCUT2D eigenvalue weighted by Crippen LogP contribution is -2.07. The van der Waals surface area contributed by atoms with E-state index in [4.69, 9.17) is 0 Å². The monoisotopic (exact) mass is 234 g/mol. The summed E-state index contributed by atoms with van der Waals surface area (Å²) in [6.45, 7) is 3.43. The molecule has 0 saturated heterocycles. The number of hydrogen-bond acceptors (Lipinski definition) is 7. The molecule has 0 bridgehead atoms. The van der Waals surface area contributed by atoms with Crippen molar-refractivity contribution in [1.82, 2.24) is 20.1 Å². The van der Waals surface area contributed by atoms with Crippen molar-refractivity contribution >= 4 is 11.6 Å². The number of rotatable bonds is 6. The molecule has 2 heterocycles. The average Bonchev–Trinajstić information content (AvgIpc) is 2.87. The van der Waals surface area contributed by atoms with Crippen molar-refractivity contribution in [3.8, 4) is 0 Å². The summed E-state index contributed by atoms with van der Waals surface area (Å²) >= 11 is 0. The Bertz CT molecular complexity index is 444. The molecule has 2 N–H and O–H groups in total. The molecule has 0 aliphatic rings. The summed E-state index contributed by atoms with van der Waals surface area (Å²) in [6.07, 6.45) is 5.68. The van der Waals surface area contributed by atoms with Gasteiger partial charge in [-0.05, 0) is 6.42 Å². The van der Waals surface area contributed by atoms with Crippen LogP contribution < -0.4 is 10.6 Å². The van der Waals surface area contributed by atoms with E-state index in [0.29, 0.717) is 18.2 Å². The Morgan fingerprint density at radius 1 is 1.24 bits per heavy atom. The lowest BCUT2D eigenvalue weighted by Gasteiger charge is -2.06. The van der Waals surface area contributed by atoms with Gasteiger partial charge < -0.3 is 15.2 Å². The van der Waals surface area contributed by atoms with Gasteiger partial charge in [-0.2, -0.15) is 4.98 Å². The number of nitrogens with one attached hydrogen (secondary N) is 2. The van der Waals surface area contributed by atoms with Crippen LogP contribution in [0.4, 0.5) is 11.6 Å². The third kappa shape index (κ3) is 3.40. The molecule has 0 saturated carbocycles. The van der Waals surface area contributed by atoms with Gasteiger partial charge in [-0.1, -0.05) is 12.1 Å². The SMILES string of the molecule is CCCNc1cncc(NCc2ncon2)n1. The van der Waals surface area contributed by atoms with Gasteiger partial charge in [0, 0.05) is 6.54 Å². The Labute approximate surface area is 98.7 Å². The van der Waals surface area contributed by atoms with E-state index in [0.717, 1.165) is 18.8 Å². The number of anilines is 2. The highest BCUT2D eigenvalue weighted by atomic mass is 16.5. The Morgan fingerprint density at radius 2 is 2.06 bits per heavy atom. The molecule has 90 valence electrons. The van der Waals surface area contributed by atoms with Crippen LogP contribution in [0, 0.1) is 0 Å². The largest absolute Gasteiger partial charge is 0.369 e. The lowest BCUT2D eigenvalue weighted by atomic mass is 10.5. The van der Waals surface area contributed by atoms with E-state index in [2.05, 4.69) is 42.2 Å². The van der Waals surface area contributed by atoms with Gasteiger partial charge in [0.05, 0.1) is 18.9 Å². The smallest absolute Gasteiger partial charge is 0.213 e. The van der Waals surface area contributed by atoms with Crippen LogP contribution in [0.2, 0.25) is 0 Å². The highest BCUT2D eigenvalue weighted by molar-refractivity contribution is 5.41. The topological polar surface area (TPSA) is 88.8 Å². The zero-order chi connectivity index (χ0) is 11.9. The summed E-state index contributed by atoms with van der Waals surface area (Å²) in [6, 6.07) is 0. The molecule has 7 heteroatoms. The van der Waals surface area contributed by atoms with Crippen LogP contribution in [0.15, 0.2) is 23.3 Å². The molecule has 0 fully saturated rings. The third-order valence-corrected chi connectivity index (χ3v) is 2.03. The van der Waals surface area contributed by atoms with Crippen molar-refractivity contribution in [3.05, 3.63) is 24.6 Å². The van der Waals surface area contributed by atoms with Crippen LogP contribution in [-0.4, -0.2) is 26.7 Å². The quantitative estimate of drug-likeness (QED) is 0.778. The van der Waals surface area contributed by atoms with Crippen LogP contribution in [0.1, 0.15) is 19.2 Å². The van der Waals surface area contributed by atoms with E-state index in [1.807, 2.05) is 0 Å². The highest BCUT2D eigenvalue weighted by Gasteiger charge is 2.00. The predicted octanol–water partition coefficient (Wildman–Crippen LogP) is 1.29. The van der Waals surface area contributed by atoms with Crippen LogP contribution in [0.5, 0.6) is 0 Å². The molecule has 2 rings (SSSR count). The van der Waals surface area contributed by atoms with Gasteiger partial charge in [0.25, 0.3) is 0 Å². The number of hydrogen-bond donors (Lipinski definition) is 2. The van der Waals surface area contributed by atoms with Crippen LogP contribution in [-0.2, 0) is 6.54 Å². The minimum Gasteiger partial charge on any atom is -0.369 e. The number of nitrogens with zero attached hydrogens (tertiary/aromatic N) is 4. The first-order chi connectivity index (χ1) is 8.38. The first-order valence-corrected chi connectivity index (χ1v) is 5.43. The zero-order valence-corrected chi connectivity index (χ0v) is 9.55. The number of aromatic nitrogens is 4. The van der Waals surface area contributed by atoms with E-state index in [1.54, 1.807) is 12.4 Å².